The van der Waals surface area contributed by atoms with Crippen molar-refractivity contribution >= 4 is 11.9 Å². The molecule has 47 heavy (non-hydrogen) atoms. The zero-order chi connectivity index (χ0) is 34.8. The molecule has 0 saturated heterocycles. The molecule has 7 nitrogen and oxygen atoms in total. The minimum Gasteiger partial charge on any atom is -0.462 e. The monoisotopic (exact) mass is 663 g/mol. The Morgan fingerprint density at radius 1 is 0.596 bits per heavy atom. The van der Waals surface area contributed by atoms with Gasteiger partial charge in [-0.05, 0) is 57.3 Å². The Balaban J connectivity index is 3.85. The van der Waals surface area contributed by atoms with E-state index in [0.717, 1.165) is 50.9 Å². The molecule has 0 saturated carbocycles. The van der Waals surface area contributed by atoms with Crippen LogP contribution in [-0.4, -0.2) is 58.8 Å². The second-order valence-corrected chi connectivity index (χ2v) is 13.1. The van der Waals surface area contributed by atoms with Crippen LogP contribution in [0.3, 0.4) is 0 Å². The maximum absolute atomic E-state index is 12.2. The molecule has 0 aromatic rings. The molecular weight excluding hydrogens is 592 g/mol. The average molecular weight is 663 g/mol. The molecule has 7 heteroatoms. The number of carbonyl (C=O) groups excluding carboxylic acids is 2. The van der Waals surface area contributed by atoms with E-state index in [-0.39, 0.29) is 25.4 Å². The van der Waals surface area contributed by atoms with Crippen molar-refractivity contribution in [2.24, 2.45) is 5.92 Å². The zero-order valence-corrected chi connectivity index (χ0v) is 30.2. The first-order valence-electron chi connectivity index (χ1n) is 18.7. The van der Waals surface area contributed by atoms with Crippen LogP contribution < -0.4 is 0 Å². The van der Waals surface area contributed by atoms with Gasteiger partial charge in [-0.25, -0.2) is 0 Å². The van der Waals surface area contributed by atoms with Crippen molar-refractivity contribution in [2.45, 2.75) is 174 Å². The van der Waals surface area contributed by atoms with E-state index in [0.29, 0.717) is 19.3 Å². The summed E-state index contributed by atoms with van der Waals surface area (Å²) < 4.78 is 10.4. The van der Waals surface area contributed by atoms with Crippen LogP contribution in [0.5, 0.6) is 0 Å². The van der Waals surface area contributed by atoms with Crippen LogP contribution >= 0.6 is 0 Å². The van der Waals surface area contributed by atoms with Crippen LogP contribution in [0.25, 0.3) is 0 Å². The molecule has 0 fully saturated rings. The molecule has 0 bridgehead atoms. The number of esters is 2. The lowest BCUT2D eigenvalue weighted by molar-refractivity contribution is -0.161. The van der Waals surface area contributed by atoms with Gasteiger partial charge in [0, 0.05) is 12.8 Å². The molecule has 0 aliphatic carbocycles. The smallest absolute Gasteiger partial charge is 0.306 e. The Morgan fingerprint density at radius 2 is 1.09 bits per heavy atom. The van der Waals surface area contributed by atoms with Crippen LogP contribution in [0, 0.1) is 5.92 Å². The third-order valence-corrected chi connectivity index (χ3v) is 8.02. The number of ether oxygens (including phenoxy) is 2. The molecule has 0 aliphatic rings. The van der Waals surface area contributed by atoms with Crippen molar-refractivity contribution in [3.05, 3.63) is 48.6 Å². The number of unbranched alkanes of at least 4 members (excludes halogenated alkanes) is 10. The van der Waals surface area contributed by atoms with Crippen molar-refractivity contribution in [2.75, 3.05) is 13.2 Å². The summed E-state index contributed by atoms with van der Waals surface area (Å²) in [5, 5.41) is 30.0. The lowest BCUT2D eigenvalue weighted by Crippen LogP contribution is -2.29. The van der Waals surface area contributed by atoms with Crippen LogP contribution in [0.15, 0.2) is 48.6 Å². The predicted octanol–water partition coefficient (Wildman–Crippen LogP) is 9.25. The standard InChI is InChI=1S/C40H70O7/c1-4-5-6-7-8-9-10-13-16-19-22-25-29-37(42)38(43)30-27-32-40(45)47-36(33-41)34-46-39(44)31-26-23-20-17-14-11-12-15-18-21-24-28-35(2)3/h5-6,8-9,13,16,22,25,35-38,41-43H,4,7,10-12,14-15,17-21,23-24,26-34H2,1-3H3/b6-5-,9-8-,16-13-,25-22-/t36-,37+,38+/m0/s1. The summed E-state index contributed by atoms with van der Waals surface area (Å²) >= 11 is 0. The van der Waals surface area contributed by atoms with Crippen molar-refractivity contribution < 1.29 is 34.4 Å². The van der Waals surface area contributed by atoms with Gasteiger partial charge in [0.25, 0.3) is 0 Å². The van der Waals surface area contributed by atoms with Gasteiger partial charge in [-0.15, -0.1) is 0 Å². The normalized spacial score (nSPS) is 14.2. The minimum atomic E-state index is -0.946. The molecule has 3 N–H and O–H groups in total. The molecule has 0 aromatic heterocycles. The van der Waals surface area contributed by atoms with E-state index in [2.05, 4.69) is 57.2 Å². The highest BCUT2D eigenvalue weighted by molar-refractivity contribution is 5.70. The highest BCUT2D eigenvalue weighted by Crippen LogP contribution is 2.15. The van der Waals surface area contributed by atoms with Gasteiger partial charge in [0.15, 0.2) is 6.10 Å². The Bertz CT molecular complexity index is 846. The zero-order valence-electron chi connectivity index (χ0n) is 30.2. The highest BCUT2D eigenvalue weighted by Gasteiger charge is 2.18. The van der Waals surface area contributed by atoms with Crippen molar-refractivity contribution in [3.63, 3.8) is 0 Å². The Kier molecular flexibility index (Phi) is 32.1. The van der Waals surface area contributed by atoms with E-state index in [1.54, 1.807) is 0 Å². The fourth-order valence-electron chi connectivity index (χ4n) is 5.06. The van der Waals surface area contributed by atoms with Crippen molar-refractivity contribution in [1.82, 2.24) is 0 Å². The topological polar surface area (TPSA) is 113 Å². The lowest BCUT2D eigenvalue weighted by Gasteiger charge is -2.17. The quantitative estimate of drug-likeness (QED) is 0.0374. The van der Waals surface area contributed by atoms with E-state index in [4.69, 9.17) is 9.47 Å². The van der Waals surface area contributed by atoms with E-state index in [1.165, 1.54) is 57.8 Å². The molecule has 0 unspecified atom stereocenters. The number of aliphatic hydroxyl groups is 3. The van der Waals surface area contributed by atoms with E-state index >= 15 is 0 Å². The van der Waals surface area contributed by atoms with Gasteiger partial charge in [0.1, 0.15) is 6.61 Å². The van der Waals surface area contributed by atoms with Gasteiger partial charge >= 0.3 is 11.9 Å². The predicted molar refractivity (Wildman–Crippen MR) is 194 cm³/mol. The molecule has 0 radical (unpaired) electrons. The number of aliphatic hydroxyl groups excluding tert-OH is 3. The molecule has 0 heterocycles. The molecule has 3 atom stereocenters. The van der Waals surface area contributed by atoms with Gasteiger partial charge in [-0.1, -0.05) is 140 Å². The Labute approximate surface area is 287 Å². The van der Waals surface area contributed by atoms with Gasteiger partial charge in [-0.2, -0.15) is 0 Å². The Morgan fingerprint density at radius 3 is 1.62 bits per heavy atom. The van der Waals surface area contributed by atoms with Crippen LogP contribution in [-0.2, 0) is 19.1 Å². The molecule has 0 rings (SSSR count). The van der Waals surface area contributed by atoms with Crippen molar-refractivity contribution in [1.29, 1.82) is 0 Å². The van der Waals surface area contributed by atoms with E-state index < -0.39 is 30.9 Å². The summed E-state index contributed by atoms with van der Waals surface area (Å²) in [6, 6.07) is 0. The third-order valence-electron chi connectivity index (χ3n) is 8.02. The summed E-state index contributed by atoms with van der Waals surface area (Å²) in [4.78, 5) is 24.3. The fourth-order valence-corrected chi connectivity index (χ4v) is 5.06. The molecular formula is C40H70O7. The molecule has 272 valence electrons. The second kappa shape index (κ2) is 33.7. The third kappa shape index (κ3) is 32.1. The van der Waals surface area contributed by atoms with Gasteiger partial charge in [0.2, 0.25) is 0 Å². The van der Waals surface area contributed by atoms with Crippen molar-refractivity contribution in [3.8, 4) is 0 Å². The van der Waals surface area contributed by atoms with Gasteiger partial charge in [-0.3, -0.25) is 9.59 Å². The first-order chi connectivity index (χ1) is 22.8. The summed E-state index contributed by atoms with van der Waals surface area (Å²) in [5.74, 6) is -0.0629. The number of hydrogen-bond acceptors (Lipinski definition) is 7. The SMILES string of the molecule is CC/C=C\C/C=C\C/C=C\C/C=C\C[C@@H](O)[C@H](O)CCCC(=O)O[C@@H](CO)COC(=O)CCCCCCCCCCCCCC(C)C. The first kappa shape index (κ1) is 44.8. The summed E-state index contributed by atoms with van der Waals surface area (Å²) in [6.45, 7) is 6.09. The van der Waals surface area contributed by atoms with Gasteiger partial charge in [0.05, 0.1) is 18.8 Å². The highest BCUT2D eigenvalue weighted by atomic mass is 16.6. The molecule has 0 amide bonds. The van der Waals surface area contributed by atoms with E-state index in [1.807, 2.05) is 12.2 Å². The number of carbonyl (C=O) groups is 2. The van der Waals surface area contributed by atoms with Crippen LogP contribution in [0.4, 0.5) is 0 Å². The summed E-state index contributed by atoms with van der Waals surface area (Å²) in [5.41, 5.74) is 0. The first-order valence-corrected chi connectivity index (χ1v) is 18.7. The number of hydrogen-bond donors (Lipinski definition) is 3. The molecule has 0 aromatic carbocycles. The molecule has 0 aliphatic heterocycles. The second-order valence-electron chi connectivity index (χ2n) is 13.1. The minimum absolute atomic E-state index is 0.0382. The number of allylic oxidation sites excluding steroid dienone is 7. The van der Waals surface area contributed by atoms with Crippen LogP contribution in [0.1, 0.15) is 156 Å². The summed E-state index contributed by atoms with van der Waals surface area (Å²) in [7, 11) is 0. The molecule has 0 spiro atoms. The maximum Gasteiger partial charge on any atom is 0.306 e. The Hall–Kier alpha value is -2.22. The maximum atomic E-state index is 12.2. The largest absolute Gasteiger partial charge is 0.462 e. The fraction of sp³-hybridized carbons (Fsp3) is 0.750. The number of rotatable bonds is 32. The van der Waals surface area contributed by atoms with Crippen LogP contribution in [0.2, 0.25) is 0 Å². The summed E-state index contributed by atoms with van der Waals surface area (Å²) in [6.07, 6.45) is 33.5. The average Bonchev–Trinajstić information content (AvgIpc) is 3.05. The van der Waals surface area contributed by atoms with Gasteiger partial charge < -0.3 is 24.8 Å². The van der Waals surface area contributed by atoms with E-state index in [9.17, 15) is 24.9 Å². The lowest BCUT2D eigenvalue weighted by atomic mass is 10.0.